The number of benzene rings is 1. The van der Waals surface area contributed by atoms with Crippen molar-refractivity contribution < 1.29 is 4.79 Å². The molecule has 3 nitrogen and oxygen atoms in total. The van der Waals surface area contributed by atoms with Crippen molar-refractivity contribution in [3.63, 3.8) is 0 Å². The fraction of sp³-hybridized carbons (Fsp3) is 0.417. The average Bonchev–Trinajstić information content (AvgIpc) is 2.14. The van der Waals surface area contributed by atoms with Gasteiger partial charge in [0.15, 0.2) is 0 Å². The van der Waals surface area contributed by atoms with Crippen LogP contribution in [0.5, 0.6) is 0 Å². The molecule has 0 aliphatic heterocycles. The van der Waals surface area contributed by atoms with Crippen LogP contribution in [0.1, 0.15) is 35.1 Å². The molecule has 0 bridgehead atoms. The van der Waals surface area contributed by atoms with E-state index in [0.29, 0.717) is 0 Å². The highest BCUT2D eigenvalue weighted by Crippen LogP contribution is 2.24. The van der Waals surface area contributed by atoms with E-state index in [0.717, 1.165) is 16.7 Å². The van der Waals surface area contributed by atoms with Crippen molar-refractivity contribution in [2.45, 2.75) is 33.6 Å². The van der Waals surface area contributed by atoms with Crippen molar-refractivity contribution in [3.8, 4) is 0 Å². The van der Waals surface area contributed by atoms with Crippen molar-refractivity contribution in [1.29, 1.82) is 0 Å². The van der Waals surface area contributed by atoms with E-state index in [1.165, 1.54) is 5.56 Å². The van der Waals surface area contributed by atoms with E-state index in [2.05, 4.69) is 24.5 Å². The Morgan fingerprint density at radius 1 is 1.27 bits per heavy atom. The minimum Gasteiger partial charge on any atom is -0.294 e. The molecule has 0 heterocycles. The van der Waals surface area contributed by atoms with Crippen LogP contribution in [0.25, 0.3) is 0 Å². The van der Waals surface area contributed by atoms with Gasteiger partial charge in [-0.25, -0.2) is 5.84 Å². The van der Waals surface area contributed by atoms with Crippen LogP contribution in [0.3, 0.4) is 0 Å². The Labute approximate surface area is 90.6 Å². The summed E-state index contributed by atoms with van der Waals surface area (Å²) in [5, 5.41) is 0. The zero-order chi connectivity index (χ0) is 11.6. The lowest BCUT2D eigenvalue weighted by Gasteiger charge is -2.16. The van der Waals surface area contributed by atoms with Gasteiger partial charge in [0.2, 0.25) is 5.91 Å². The monoisotopic (exact) mass is 206 g/mol. The first kappa shape index (κ1) is 11.7. The van der Waals surface area contributed by atoms with Crippen LogP contribution in [0.15, 0.2) is 12.1 Å². The maximum absolute atomic E-state index is 11.5. The number of hydrogen-bond donors (Lipinski definition) is 2. The van der Waals surface area contributed by atoms with Gasteiger partial charge >= 0.3 is 0 Å². The average molecular weight is 206 g/mol. The van der Waals surface area contributed by atoms with E-state index >= 15 is 0 Å². The second-order valence-corrected chi connectivity index (χ2v) is 4.04. The van der Waals surface area contributed by atoms with Crippen LogP contribution < -0.4 is 11.3 Å². The summed E-state index contributed by atoms with van der Waals surface area (Å²) in [6.45, 7) is 7.97. The normalized spacial score (nSPS) is 12.3. The fourth-order valence-corrected chi connectivity index (χ4v) is 2.13. The third-order valence-electron chi connectivity index (χ3n) is 2.71. The smallest absolute Gasteiger partial charge is 0.241 e. The summed E-state index contributed by atoms with van der Waals surface area (Å²) in [4.78, 5) is 11.5. The summed E-state index contributed by atoms with van der Waals surface area (Å²) in [6, 6.07) is 4.17. The number of rotatable bonds is 2. The van der Waals surface area contributed by atoms with Gasteiger partial charge in [-0.1, -0.05) is 17.7 Å². The van der Waals surface area contributed by atoms with Gasteiger partial charge in [0.1, 0.15) is 0 Å². The third-order valence-corrected chi connectivity index (χ3v) is 2.71. The van der Waals surface area contributed by atoms with Gasteiger partial charge in [0.05, 0.1) is 5.92 Å². The molecule has 1 rings (SSSR count). The predicted molar refractivity (Wildman–Crippen MR) is 61.4 cm³/mol. The Balaban J connectivity index is 3.19. The molecule has 0 aliphatic carbocycles. The number of nitrogens with two attached hydrogens (primary N) is 1. The zero-order valence-electron chi connectivity index (χ0n) is 9.72. The molecule has 0 fully saturated rings. The Kier molecular flexibility index (Phi) is 3.48. The first-order valence-corrected chi connectivity index (χ1v) is 5.05. The summed E-state index contributed by atoms with van der Waals surface area (Å²) >= 11 is 0. The maximum Gasteiger partial charge on any atom is 0.241 e. The van der Waals surface area contributed by atoms with Crippen molar-refractivity contribution in [3.05, 3.63) is 34.4 Å². The molecule has 0 saturated heterocycles. The topological polar surface area (TPSA) is 55.1 Å². The Morgan fingerprint density at radius 3 is 2.13 bits per heavy atom. The SMILES string of the molecule is Cc1cc(C)c(C(C)C(=O)NN)c(C)c1. The molecule has 1 unspecified atom stereocenters. The highest BCUT2D eigenvalue weighted by Gasteiger charge is 2.18. The number of aryl methyl sites for hydroxylation is 3. The Hall–Kier alpha value is -1.35. The van der Waals surface area contributed by atoms with Gasteiger partial charge in [-0.2, -0.15) is 0 Å². The third kappa shape index (κ3) is 2.36. The van der Waals surface area contributed by atoms with Crippen LogP contribution >= 0.6 is 0 Å². The number of hydrogen-bond acceptors (Lipinski definition) is 2. The molecule has 1 aromatic carbocycles. The van der Waals surface area contributed by atoms with Gasteiger partial charge in [0, 0.05) is 0 Å². The second kappa shape index (κ2) is 4.45. The van der Waals surface area contributed by atoms with Crippen LogP contribution in [0, 0.1) is 20.8 Å². The molecule has 82 valence electrons. The first-order chi connectivity index (χ1) is 6.97. The summed E-state index contributed by atoms with van der Waals surface area (Å²) in [5.74, 6) is 4.79. The molecule has 1 atom stereocenters. The maximum atomic E-state index is 11.5. The van der Waals surface area contributed by atoms with Gasteiger partial charge in [-0.05, 0) is 44.4 Å². The van der Waals surface area contributed by atoms with Crippen LogP contribution in [0.4, 0.5) is 0 Å². The lowest BCUT2D eigenvalue weighted by molar-refractivity contribution is -0.122. The second-order valence-electron chi connectivity index (χ2n) is 4.04. The molecule has 1 amide bonds. The quantitative estimate of drug-likeness (QED) is 0.439. The number of carbonyl (C=O) groups excluding carboxylic acids is 1. The van der Waals surface area contributed by atoms with Gasteiger partial charge in [0.25, 0.3) is 0 Å². The number of amides is 1. The lowest BCUT2D eigenvalue weighted by atomic mass is 9.90. The molecule has 0 aromatic heterocycles. The zero-order valence-corrected chi connectivity index (χ0v) is 9.72. The highest BCUT2D eigenvalue weighted by molar-refractivity contribution is 5.83. The van der Waals surface area contributed by atoms with E-state index in [1.807, 2.05) is 20.8 Å². The van der Waals surface area contributed by atoms with E-state index < -0.39 is 0 Å². The van der Waals surface area contributed by atoms with E-state index in [1.54, 1.807) is 0 Å². The van der Waals surface area contributed by atoms with Crippen LogP contribution in [0.2, 0.25) is 0 Å². The summed E-state index contributed by atoms with van der Waals surface area (Å²) in [7, 11) is 0. The van der Waals surface area contributed by atoms with Gasteiger partial charge < -0.3 is 0 Å². The predicted octanol–water partition coefficient (Wildman–Crippen LogP) is 1.71. The molecular weight excluding hydrogens is 188 g/mol. The standard InChI is InChI=1S/C12H18N2O/c1-7-5-8(2)11(9(3)6-7)10(4)12(15)14-13/h5-6,10H,13H2,1-4H3,(H,14,15). The molecular formula is C12H18N2O. The molecule has 15 heavy (non-hydrogen) atoms. The van der Waals surface area contributed by atoms with Crippen LogP contribution in [-0.4, -0.2) is 5.91 Å². The molecule has 0 spiro atoms. The molecule has 0 saturated carbocycles. The molecule has 0 aliphatic rings. The molecule has 0 radical (unpaired) electrons. The number of hydrazine groups is 1. The summed E-state index contributed by atoms with van der Waals surface area (Å²) in [6.07, 6.45) is 0. The van der Waals surface area contributed by atoms with Gasteiger partial charge in [-0.15, -0.1) is 0 Å². The molecule has 3 heteroatoms. The summed E-state index contributed by atoms with van der Waals surface area (Å²) < 4.78 is 0. The molecule has 3 N–H and O–H groups in total. The van der Waals surface area contributed by atoms with Crippen molar-refractivity contribution in [2.75, 3.05) is 0 Å². The van der Waals surface area contributed by atoms with Gasteiger partial charge in [-0.3, -0.25) is 10.2 Å². The highest BCUT2D eigenvalue weighted by atomic mass is 16.2. The van der Waals surface area contributed by atoms with E-state index in [9.17, 15) is 4.79 Å². The Morgan fingerprint density at radius 2 is 1.73 bits per heavy atom. The lowest BCUT2D eigenvalue weighted by Crippen LogP contribution is -2.34. The number of carbonyl (C=O) groups is 1. The largest absolute Gasteiger partial charge is 0.294 e. The van der Waals surface area contributed by atoms with Crippen molar-refractivity contribution in [1.82, 2.24) is 5.43 Å². The minimum atomic E-state index is -0.199. The fourth-order valence-electron chi connectivity index (χ4n) is 2.13. The summed E-state index contributed by atoms with van der Waals surface area (Å²) in [5.41, 5.74) is 6.77. The van der Waals surface area contributed by atoms with Crippen molar-refractivity contribution >= 4 is 5.91 Å². The van der Waals surface area contributed by atoms with E-state index in [-0.39, 0.29) is 11.8 Å². The minimum absolute atomic E-state index is 0.148. The first-order valence-electron chi connectivity index (χ1n) is 5.05. The van der Waals surface area contributed by atoms with Crippen LogP contribution in [-0.2, 0) is 4.79 Å². The number of nitrogens with one attached hydrogen (secondary N) is 1. The molecule has 1 aromatic rings. The van der Waals surface area contributed by atoms with Crippen molar-refractivity contribution in [2.24, 2.45) is 5.84 Å². The Bertz CT molecular complexity index is 362. The van der Waals surface area contributed by atoms with E-state index in [4.69, 9.17) is 5.84 Å².